The minimum Gasteiger partial charge on any atom is -0.493 e. The molecule has 2 aromatic carbocycles. The van der Waals surface area contributed by atoms with Crippen LogP contribution in [0.4, 0.5) is 0 Å². The van der Waals surface area contributed by atoms with E-state index in [-0.39, 0.29) is 42.1 Å². The zero-order chi connectivity index (χ0) is 23.1. The average Bonchev–Trinajstić information content (AvgIpc) is 3.10. The van der Waals surface area contributed by atoms with Gasteiger partial charge in [0.15, 0.2) is 11.5 Å². The summed E-state index contributed by atoms with van der Waals surface area (Å²) in [7, 11) is 1.54. The van der Waals surface area contributed by atoms with Crippen LogP contribution in [0.2, 0.25) is 10.0 Å². The van der Waals surface area contributed by atoms with Gasteiger partial charge in [-0.2, -0.15) is 10.1 Å². The Kier molecular flexibility index (Phi) is 5.89. The first kappa shape index (κ1) is 22.0. The first-order valence-electron chi connectivity index (χ1n) is 10.8. The van der Waals surface area contributed by atoms with Gasteiger partial charge < -0.3 is 9.47 Å². The third-order valence-corrected chi connectivity index (χ3v) is 7.23. The highest BCUT2D eigenvalue weighted by Gasteiger charge is 2.56. The van der Waals surface area contributed by atoms with Gasteiger partial charge in [0.1, 0.15) is 6.61 Å². The number of hydrazone groups is 1. The minimum absolute atomic E-state index is 0.141. The number of methoxy groups -OCH3 is 1. The molecule has 6 rings (SSSR count). The topological polar surface area (TPSA) is 68.2 Å². The molecule has 0 unspecified atom stereocenters. The quantitative estimate of drug-likeness (QED) is 0.324. The van der Waals surface area contributed by atoms with E-state index >= 15 is 0 Å². The molecule has 2 fully saturated rings. The van der Waals surface area contributed by atoms with Crippen LogP contribution in [0, 0.1) is 23.7 Å². The second-order valence-electron chi connectivity index (χ2n) is 8.51. The summed E-state index contributed by atoms with van der Waals surface area (Å²) >= 11 is 12.2. The molecule has 3 aliphatic carbocycles. The molecule has 2 aromatic rings. The van der Waals surface area contributed by atoms with E-state index in [9.17, 15) is 9.59 Å². The highest BCUT2D eigenvalue weighted by Crippen LogP contribution is 2.49. The maximum atomic E-state index is 12.9. The molecule has 1 saturated heterocycles. The second kappa shape index (κ2) is 8.84. The van der Waals surface area contributed by atoms with Gasteiger partial charge in [-0.3, -0.25) is 9.59 Å². The molecule has 170 valence electrons. The summed E-state index contributed by atoms with van der Waals surface area (Å²) < 4.78 is 11.3. The fourth-order valence-corrected chi connectivity index (χ4v) is 5.44. The number of fused-ring (bicyclic) bond motifs is 1. The Hall–Kier alpha value is -2.83. The molecule has 2 amide bonds. The molecule has 1 aliphatic heterocycles. The molecule has 0 aromatic heterocycles. The number of nitrogens with zero attached hydrogens (tertiary/aromatic N) is 2. The molecular formula is C25H22Cl2N2O4. The zero-order valence-electron chi connectivity index (χ0n) is 17.9. The number of amides is 2. The molecule has 8 heteroatoms. The zero-order valence-corrected chi connectivity index (χ0v) is 19.4. The van der Waals surface area contributed by atoms with Crippen LogP contribution in [-0.4, -0.2) is 30.1 Å². The molecule has 1 heterocycles. The lowest BCUT2D eigenvalue weighted by molar-refractivity contribution is -0.140. The Morgan fingerprint density at radius 1 is 1.00 bits per heavy atom. The van der Waals surface area contributed by atoms with Crippen molar-refractivity contribution in [1.29, 1.82) is 0 Å². The number of rotatable bonds is 6. The first-order chi connectivity index (χ1) is 16.0. The number of benzene rings is 2. The predicted molar refractivity (Wildman–Crippen MR) is 126 cm³/mol. The molecular weight excluding hydrogens is 463 g/mol. The van der Waals surface area contributed by atoms with Crippen LogP contribution in [0.15, 0.2) is 53.7 Å². The summed E-state index contributed by atoms with van der Waals surface area (Å²) in [5.41, 5.74) is 1.48. The number of allylic oxidation sites excluding steroid dienone is 2. The maximum Gasteiger partial charge on any atom is 0.254 e. The summed E-state index contributed by atoms with van der Waals surface area (Å²) in [6.07, 6.45) is 7.60. The van der Waals surface area contributed by atoms with Crippen molar-refractivity contribution in [3.05, 3.63) is 69.7 Å². The molecule has 4 atom stereocenters. The van der Waals surface area contributed by atoms with E-state index in [0.29, 0.717) is 27.1 Å². The Bertz CT molecular complexity index is 1150. The Morgan fingerprint density at radius 3 is 2.30 bits per heavy atom. The van der Waals surface area contributed by atoms with Crippen LogP contribution in [0.5, 0.6) is 11.5 Å². The van der Waals surface area contributed by atoms with E-state index in [1.54, 1.807) is 37.4 Å². The number of ether oxygens (including phenoxy) is 2. The van der Waals surface area contributed by atoms with Crippen molar-refractivity contribution in [1.82, 2.24) is 5.01 Å². The van der Waals surface area contributed by atoms with Gasteiger partial charge >= 0.3 is 0 Å². The normalized spacial score (nSPS) is 25.7. The highest BCUT2D eigenvalue weighted by atomic mass is 35.5. The lowest BCUT2D eigenvalue weighted by Crippen LogP contribution is -2.38. The minimum atomic E-state index is -0.275. The molecule has 2 bridgehead atoms. The van der Waals surface area contributed by atoms with E-state index in [1.807, 2.05) is 6.07 Å². The maximum absolute atomic E-state index is 12.9. The van der Waals surface area contributed by atoms with Crippen LogP contribution in [0.3, 0.4) is 0 Å². The molecule has 0 spiro atoms. The van der Waals surface area contributed by atoms with Gasteiger partial charge in [0.05, 0.1) is 25.2 Å². The molecule has 1 saturated carbocycles. The number of carbonyl (C=O) groups excluding carboxylic acids is 2. The SMILES string of the molecule is COc1cc(/C=N\N2C(=O)[C@H]3[C@H](C2=O)[C@@H]2C=C[C@@H]3CC2)ccc1OCc1ccc(Cl)cc1Cl. The van der Waals surface area contributed by atoms with Gasteiger partial charge in [-0.05, 0) is 60.6 Å². The van der Waals surface area contributed by atoms with Gasteiger partial charge in [-0.1, -0.05) is 41.4 Å². The molecule has 0 radical (unpaired) electrons. The van der Waals surface area contributed by atoms with Crippen LogP contribution >= 0.6 is 23.2 Å². The van der Waals surface area contributed by atoms with Crippen LogP contribution < -0.4 is 9.47 Å². The Morgan fingerprint density at radius 2 is 1.70 bits per heavy atom. The van der Waals surface area contributed by atoms with Gasteiger partial charge in [-0.15, -0.1) is 0 Å². The third-order valence-electron chi connectivity index (χ3n) is 6.64. The second-order valence-corrected chi connectivity index (χ2v) is 9.35. The summed E-state index contributed by atoms with van der Waals surface area (Å²) in [6.45, 7) is 0.246. The fraction of sp³-hybridized carbons (Fsp3) is 0.320. The molecule has 4 aliphatic rings. The predicted octanol–water partition coefficient (Wildman–Crippen LogP) is 5.11. The number of hydrogen-bond acceptors (Lipinski definition) is 5. The van der Waals surface area contributed by atoms with Crippen molar-refractivity contribution >= 4 is 41.2 Å². The lowest BCUT2D eigenvalue weighted by Gasteiger charge is -2.37. The van der Waals surface area contributed by atoms with Crippen LogP contribution in [0.25, 0.3) is 0 Å². The van der Waals surface area contributed by atoms with Crippen LogP contribution in [0.1, 0.15) is 24.0 Å². The summed E-state index contributed by atoms with van der Waals surface area (Å²) in [5, 5.41) is 6.38. The van der Waals surface area contributed by atoms with Gasteiger partial charge in [0.25, 0.3) is 11.8 Å². The Labute approximate surface area is 201 Å². The largest absolute Gasteiger partial charge is 0.493 e. The fourth-order valence-electron chi connectivity index (χ4n) is 4.97. The van der Waals surface area contributed by atoms with E-state index in [4.69, 9.17) is 32.7 Å². The van der Waals surface area contributed by atoms with E-state index in [1.165, 1.54) is 6.21 Å². The first-order valence-corrected chi connectivity index (χ1v) is 11.6. The van der Waals surface area contributed by atoms with Gasteiger partial charge in [0, 0.05) is 15.6 Å². The van der Waals surface area contributed by atoms with Gasteiger partial charge in [0.2, 0.25) is 0 Å². The van der Waals surface area contributed by atoms with Crippen molar-refractivity contribution in [2.24, 2.45) is 28.8 Å². The summed E-state index contributed by atoms with van der Waals surface area (Å²) in [6, 6.07) is 10.5. The van der Waals surface area contributed by atoms with E-state index in [2.05, 4.69) is 17.3 Å². The molecule has 6 nitrogen and oxygen atoms in total. The number of halogens is 2. The van der Waals surface area contributed by atoms with E-state index < -0.39 is 0 Å². The summed E-state index contributed by atoms with van der Waals surface area (Å²) in [5.74, 6) is 0.359. The number of imide groups is 1. The standard InChI is InChI=1S/C25H22Cl2N2O4/c1-32-21-10-14(2-9-20(21)33-13-17-7-8-18(26)11-19(17)27)12-28-29-24(30)22-15-3-4-16(6-5-15)23(22)25(29)31/h2-4,7-12,15-16,22-23H,5-6,13H2,1H3/b28-12-/t15-,16-,22-,23-/m1/s1. The lowest BCUT2D eigenvalue weighted by atomic mass is 9.63. The third kappa shape index (κ3) is 4.02. The monoisotopic (exact) mass is 484 g/mol. The number of hydrogen-bond donors (Lipinski definition) is 0. The van der Waals surface area contributed by atoms with Crippen molar-refractivity contribution in [2.75, 3.05) is 7.11 Å². The molecule has 33 heavy (non-hydrogen) atoms. The van der Waals surface area contributed by atoms with Crippen molar-refractivity contribution < 1.29 is 19.1 Å². The van der Waals surface area contributed by atoms with Gasteiger partial charge in [-0.25, -0.2) is 0 Å². The summed E-state index contributed by atoms with van der Waals surface area (Å²) in [4.78, 5) is 25.8. The van der Waals surface area contributed by atoms with Crippen molar-refractivity contribution in [3.8, 4) is 11.5 Å². The average molecular weight is 485 g/mol. The Balaban J connectivity index is 1.30. The van der Waals surface area contributed by atoms with Crippen molar-refractivity contribution in [2.45, 2.75) is 19.4 Å². The number of carbonyl (C=O) groups is 2. The highest BCUT2D eigenvalue weighted by molar-refractivity contribution is 6.35. The van der Waals surface area contributed by atoms with Crippen molar-refractivity contribution in [3.63, 3.8) is 0 Å². The smallest absolute Gasteiger partial charge is 0.254 e. The van der Waals surface area contributed by atoms with E-state index in [0.717, 1.165) is 23.4 Å². The molecule has 0 N–H and O–H groups in total. The van der Waals surface area contributed by atoms with Crippen LogP contribution in [-0.2, 0) is 16.2 Å².